The Kier molecular flexibility index (Phi) is 2.54. The molecule has 0 saturated carbocycles. The number of hydrogen-bond donors (Lipinski definition) is 1. The van der Waals surface area contributed by atoms with Crippen molar-refractivity contribution in [2.75, 3.05) is 13.1 Å². The molecule has 2 heterocycles. The molecule has 4 heteroatoms. The fourth-order valence-corrected chi connectivity index (χ4v) is 1.73. The lowest BCUT2D eigenvalue weighted by Crippen LogP contribution is -2.37. The molecule has 1 amide bonds. The van der Waals surface area contributed by atoms with Gasteiger partial charge in [-0.05, 0) is 25.5 Å². The van der Waals surface area contributed by atoms with Crippen molar-refractivity contribution in [2.45, 2.75) is 19.9 Å². The van der Waals surface area contributed by atoms with Crippen molar-refractivity contribution in [3.8, 4) is 0 Å². The third kappa shape index (κ3) is 1.53. The molecule has 0 radical (unpaired) electrons. The number of carbonyl (C=O) groups excluding carboxylic acids is 1. The number of aryl methyl sites for hydroxylation is 1. The van der Waals surface area contributed by atoms with Gasteiger partial charge in [0, 0.05) is 25.8 Å². The van der Waals surface area contributed by atoms with Gasteiger partial charge in [-0.3, -0.25) is 9.80 Å². The van der Waals surface area contributed by atoms with Gasteiger partial charge < -0.3 is 4.57 Å². The fourth-order valence-electron chi connectivity index (χ4n) is 1.73. The first-order chi connectivity index (χ1) is 6.83. The van der Waals surface area contributed by atoms with Crippen LogP contribution in [-0.4, -0.2) is 28.6 Å². The lowest BCUT2D eigenvalue weighted by Gasteiger charge is -2.16. The molecular formula is C10H15N3O. The van der Waals surface area contributed by atoms with E-state index in [0.29, 0.717) is 0 Å². The Morgan fingerprint density at radius 2 is 2.50 bits per heavy atom. The zero-order chi connectivity index (χ0) is 9.97. The Hall–Kier alpha value is -1.29. The van der Waals surface area contributed by atoms with Crippen LogP contribution in [0.5, 0.6) is 0 Å². The lowest BCUT2D eigenvalue weighted by molar-refractivity contribution is 0.0715. The number of hydrazine groups is 1. The highest BCUT2D eigenvalue weighted by Crippen LogP contribution is 2.08. The molecule has 0 aromatic carbocycles. The molecule has 0 atom stereocenters. The lowest BCUT2D eigenvalue weighted by atomic mass is 10.4. The summed E-state index contributed by atoms with van der Waals surface area (Å²) >= 11 is 0. The summed E-state index contributed by atoms with van der Waals surface area (Å²) in [6, 6.07) is 3.78. The topological polar surface area (TPSA) is 37.3 Å². The van der Waals surface area contributed by atoms with Crippen LogP contribution in [0, 0.1) is 0 Å². The molecule has 0 bridgehead atoms. The van der Waals surface area contributed by atoms with Crippen LogP contribution in [-0.2, 0) is 6.54 Å². The van der Waals surface area contributed by atoms with Gasteiger partial charge in [-0.1, -0.05) is 0 Å². The Balaban J connectivity index is 2.17. The van der Waals surface area contributed by atoms with Crippen LogP contribution in [0.3, 0.4) is 0 Å². The summed E-state index contributed by atoms with van der Waals surface area (Å²) in [4.78, 5) is 11.9. The van der Waals surface area contributed by atoms with Crippen molar-refractivity contribution in [3.05, 3.63) is 24.0 Å². The summed E-state index contributed by atoms with van der Waals surface area (Å²) in [5.74, 6) is 0.0781. The number of aromatic nitrogens is 1. The molecular weight excluding hydrogens is 178 g/mol. The van der Waals surface area contributed by atoms with Crippen LogP contribution in [0.1, 0.15) is 23.8 Å². The van der Waals surface area contributed by atoms with Crippen molar-refractivity contribution in [3.63, 3.8) is 0 Å². The maximum Gasteiger partial charge on any atom is 0.284 e. The van der Waals surface area contributed by atoms with Crippen LogP contribution < -0.4 is 5.43 Å². The van der Waals surface area contributed by atoms with E-state index in [1.807, 2.05) is 29.8 Å². The second-order valence-corrected chi connectivity index (χ2v) is 3.40. The first-order valence-electron chi connectivity index (χ1n) is 5.03. The average Bonchev–Trinajstić information content (AvgIpc) is 2.87. The van der Waals surface area contributed by atoms with Crippen LogP contribution >= 0.6 is 0 Å². The molecule has 76 valence electrons. The van der Waals surface area contributed by atoms with E-state index in [0.717, 1.165) is 31.7 Å². The zero-order valence-corrected chi connectivity index (χ0v) is 8.36. The SMILES string of the molecule is CCn1cccc1C(=O)N1CCCN1. The minimum atomic E-state index is 0.0781. The summed E-state index contributed by atoms with van der Waals surface area (Å²) in [5.41, 5.74) is 3.83. The molecule has 1 aromatic heterocycles. The molecule has 1 aromatic rings. The average molecular weight is 193 g/mol. The van der Waals surface area contributed by atoms with Gasteiger partial charge in [-0.25, -0.2) is 5.43 Å². The predicted octanol–water partition coefficient (Wildman–Crippen LogP) is 0.858. The summed E-state index contributed by atoms with van der Waals surface area (Å²) in [7, 11) is 0. The van der Waals surface area contributed by atoms with Gasteiger partial charge in [-0.2, -0.15) is 0 Å². The van der Waals surface area contributed by atoms with E-state index in [2.05, 4.69) is 5.43 Å². The van der Waals surface area contributed by atoms with Crippen LogP contribution in [0.4, 0.5) is 0 Å². The molecule has 0 unspecified atom stereocenters. The van der Waals surface area contributed by atoms with Crippen molar-refractivity contribution >= 4 is 5.91 Å². The fraction of sp³-hybridized carbons (Fsp3) is 0.500. The van der Waals surface area contributed by atoms with E-state index in [4.69, 9.17) is 0 Å². The van der Waals surface area contributed by atoms with Gasteiger partial charge in [0.05, 0.1) is 0 Å². The van der Waals surface area contributed by atoms with Gasteiger partial charge >= 0.3 is 0 Å². The van der Waals surface area contributed by atoms with Crippen molar-refractivity contribution in [1.82, 2.24) is 15.0 Å². The van der Waals surface area contributed by atoms with Crippen LogP contribution in [0.15, 0.2) is 18.3 Å². The quantitative estimate of drug-likeness (QED) is 0.756. The first-order valence-corrected chi connectivity index (χ1v) is 5.03. The normalized spacial score (nSPS) is 16.2. The molecule has 1 fully saturated rings. The number of hydrogen-bond acceptors (Lipinski definition) is 2. The number of nitrogens with zero attached hydrogens (tertiary/aromatic N) is 2. The molecule has 1 aliphatic rings. The van der Waals surface area contributed by atoms with Crippen LogP contribution in [0.25, 0.3) is 0 Å². The van der Waals surface area contributed by atoms with Gasteiger partial charge in [0.1, 0.15) is 5.69 Å². The minimum absolute atomic E-state index is 0.0781. The molecule has 14 heavy (non-hydrogen) atoms. The highest BCUT2D eigenvalue weighted by Gasteiger charge is 2.20. The van der Waals surface area contributed by atoms with E-state index < -0.39 is 0 Å². The van der Waals surface area contributed by atoms with E-state index in [1.54, 1.807) is 5.01 Å². The van der Waals surface area contributed by atoms with Gasteiger partial charge in [0.15, 0.2) is 0 Å². The maximum atomic E-state index is 11.9. The third-order valence-corrected chi connectivity index (χ3v) is 2.50. The monoisotopic (exact) mass is 193 g/mol. The van der Waals surface area contributed by atoms with E-state index >= 15 is 0 Å². The highest BCUT2D eigenvalue weighted by atomic mass is 16.2. The number of nitrogens with one attached hydrogen (secondary N) is 1. The summed E-state index contributed by atoms with van der Waals surface area (Å²) in [6.07, 6.45) is 2.97. The molecule has 1 aliphatic heterocycles. The Bertz CT molecular complexity index is 326. The smallest absolute Gasteiger partial charge is 0.284 e. The minimum Gasteiger partial charge on any atom is -0.344 e. The first kappa shape index (κ1) is 9.27. The second-order valence-electron chi connectivity index (χ2n) is 3.40. The predicted molar refractivity (Wildman–Crippen MR) is 53.8 cm³/mol. The number of carbonyl (C=O) groups is 1. The number of rotatable bonds is 2. The molecule has 0 spiro atoms. The van der Waals surface area contributed by atoms with E-state index in [-0.39, 0.29) is 5.91 Å². The molecule has 1 N–H and O–H groups in total. The van der Waals surface area contributed by atoms with Crippen molar-refractivity contribution in [1.29, 1.82) is 0 Å². The van der Waals surface area contributed by atoms with Crippen molar-refractivity contribution < 1.29 is 4.79 Å². The summed E-state index contributed by atoms with van der Waals surface area (Å²) < 4.78 is 1.96. The third-order valence-electron chi connectivity index (χ3n) is 2.50. The molecule has 4 nitrogen and oxygen atoms in total. The Morgan fingerprint density at radius 3 is 3.14 bits per heavy atom. The standard InChI is InChI=1S/C10H15N3O/c1-2-12-7-3-5-9(12)10(14)13-8-4-6-11-13/h3,5,7,11H,2,4,6,8H2,1H3. The molecule has 1 saturated heterocycles. The van der Waals surface area contributed by atoms with Gasteiger partial charge in [0.25, 0.3) is 5.91 Å². The maximum absolute atomic E-state index is 11.9. The summed E-state index contributed by atoms with van der Waals surface area (Å²) in [5, 5.41) is 1.70. The van der Waals surface area contributed by atoms with E-state index in [1.165, 1.54) is 0 Å². The second kappa shape index (κ2) is 3.84. The number of amides is 1. The largest absolute Gasteiger partial charge is 0.344 e. The molecule has 2 rings (SSSR count). The Labute approximate surface area is 83.5 Å². The van der Waals surface area contributed by atoms with Gasteiger partial charge in [-0.15, -0.1) is 0 Å². The van der Waals surface area contributed by atoms with Crippen LogP contribution in [0.2, 0.25) is 0 Å². The van der Waals surface area contributed by atoms with E-state index in [9.17, 15) is 4.79 Å². The highest BCUT2D eigenvalue weighted by molar-refractivity contribution is 5.92. The summed E-state index contributed by atoms with van der Waals surface area (Å²) in [6.45, 7) is 4.59. The Morgan fingerprint density at radius 1 is 1.64 bits per heavy atom. The van der Waals surface area contributed by atoms with Gasteiger partial charge in [0.2, 0.25) is 0 Å². The zero-order valence-electron chi connectivity index (χ0n) is 8.36. The molecule has 0 aliphatic carbocycles. The van der Waals surface area contributed by atoms with Crippen molar-refractivity contribution in [2.24, 2.45) is 0 Å².